The molecule has 0 heterocycles. The highest BCUT2D eigenvalue weighted by molar-refractivity contribution is 5.89. The molecule has 22 heavy (non-hydrogen) atoms. The molecule has 0 spiro atoms. The van der Waals surface area contributed by atoms with Gasteiger partial charge >= 0.3 is 5.97 Å². The Morgan fingerprint density at radius 1 is 1.09 bits per heavy atom. The minimum Gasteiger partial charge on any atom is -0.465 e. The zero-order valence-electron chi connectivity index (χ0n) is 12.7. The summed E-state index contributed by atoms with van der Waals surface area (Å²) in [7, 11) is 1.37. The number of aliphatic hydroxyl groups is 1. The second kappa shape index (κ2) is 8.32. The number of methoxy groups -OCH3 is 1. The van der Waals surface area contributed by atoms with Crippen LogP contribution in [0.5, 0.6) is 0 Å². The van der Waals surface area contributed by atoms with Gasteiger partial charge in [-0.1, -0.05) is 42.5 Å². The minimum atomic E-state index is -0.420. The van der Waals surface area contributed by atoms with Crippen LogP contribution in [-0.2, 0) is 17.7 Å². The highest BCUT2D eigenvalue weighted by atomic mass is 16.5. The number of carbonyl (C=O) groups excluding carboxylic acids is 1. The average molecular weight is 299 g/mol. The fraction of sp³-hybridized carbons (Fsp3) is 0.278. The first-order valence-electron chi connectivity index (χ1n) is 7.29. The molecule has 0 aliphatic carbocycles. The summed E-state index contributed by atoms with van der Waals surface area (Å²) in [5, 5.41) is 13.2. The van der Waals surface area contributed by atoms with E-state index >= 15 is 0 Å². The third-order valence-electron chi connectivity index (χ3n) is 3.40. The topological polar surface area (TPSA) is 58.6 Å². The van der Waals surface area contributed by atoms with E-state index in [4.69, 9.17) is 0 Å². The summed E-state index contributed by atoms with van der Waals surface area (Å²) in [5.41, 5.74) is 2.72. The molecule has 0 saturated heterocycles. The number of benzene rings is 2. The fourth-order valence-electron chi connectivity index (χ4n) is 2.22. The second-order valence-corrected chi connectivity index (χ2v) is 5.16. The number of hydrogen-bond donors (Lipinski definition) is 2. The van der Waals surface area contributed by atoms with Crippen LogP contribution in [0.4, 0.5) is 0 Å². The second-order valence-electron chi connectivity index (χ2n) is 5.16. The summed E-state index contributed by atoms with van der Waals surface area (Å²) in [6, 6.07) is 17.2. The zero-order chi connectivity index (χ0) is 15.8. The largest absolute Gasteiger partial charge is 0.465 e. The Hall–Kier alpha value is -2.17. The smallest absolute Gasteiger partial charge is 0.337 e. The van der Waals surface area contributed by atoms with E-state index in [-0.39, 0.29) is 5.97 Å². The number of carbonyl (C=O) groups is 1. The molecule has 0 fully saturated rings. The molecule has 2 rings (SSSR count). The molecule has 0 aromatic heterocycles. The molecule has 0 aliphatic heterocycles. The van der Waals surface area contributed by atoms with Gasteiger partial charge in [0.2, 0.25) is 0 Å². The fourth-order valence-corrected chi connectivity index (χ4v) is 2.22. The summed E-state index contributed by atoms with van der Waals surface area (Å²) in [4.78, 5) is 11.3. The van der Waals surface area contributed by atoms with Crippen LogP contribution in [0.3, 0.4) is 0 Å². The first-order chi connectivity index (χ1) is 10.7. The van der Waals surface area contributed by atoms with Crippen molar-refractivity contribution in [1.82, 2.24) is 5.32 Å². The maximum absolute atomic E-state index is 11.3. The summed E-state index contributed by atoms with van der Waals surface area (Å²) in [5.74, 6) is -0.335. The lowest BCUT2D eigenvalue weighted by molar-refractivity contribution is 0.0600. The Labute approximate surface area is 130 Å². The highest BCUT2D eigenvalue weighted by Gasteiger charge is 2.06. The van der Waals surface area contributed by atoms with Crippen LogP contribution in [0.1, 0.15) is 21.5 Å². The van der Waals surface area contributed by atoms with E-state index in [0.717, 1.165) is 11.1 Å². The molecule has 116 valence electrons. The normalized spacial score (nSPS) is 11.9. The molecule has 4 nitrogen and oxygen atoms in total. The molecule has 0 unspecified atom stereocenters. The van der Waals surface area contributed by atoms with Crippen LogP contribution in [0.2, 0.25) is 0 Å². The van der Waals surface area contributed by atoms with E-state index in [2.05, 4.69) is 10.1 Å². The number of rotatable bonds is 7. The van der Waals surface area contributed by atoms with Gasteiger partial charge in [-0.15, -0.1) is 0 Å². The van der Waals surface area contributed by atoms with Crippen LogP contribution in [0.25, 0.3) is 0 Å². The van der Waals surface area contributed by atoms with E-state index in [9.17, 15) is 9.90 Å². The van der Waals surface area contributed by atoms with Crippen LogP contribution >= 0.6 is 0 Å². The van der Waals surface area contributed by atoms with Gasteiger partial charge in [-0.05, 0) is 29.7 Å². The van der Waals surface area contributed by atoms with Gasteiger partial charge in [0, 0.05) is 13.1 Å². The van der Waals surface area contributed by atoms with Crippen LogP contribution < -0.4 is 5.32 Å². The van der Waals surface area contributed by atoms with Gasteiger partial charge < -0.3 is 15.2 Å². The van der Waals surface area contributed by atoms with Crippen molar-refractivity contribution in [3.8, 4) is 0 Å². The lowest BCUT2D eigenvalue weighted by Gasteiger charge is -2.12. The Morgan fingerprint density at radius 2 is 1.77 bits per heavy atom. The molecular formula is C18H21NO3. The Kier molecular flexibility index (Phi) is 6.13. The molecule has 4 heteroatoms. The standard InChI is InChI=1S/C18H21NO3/c1-22-18(21)16-9-7-15(8-10-16)12-19-13-17(20)11-14-5-3-2-4-6-14/h2-10,17,19-20H,11-13H2,1H3/t17-/m1/s1. The maximum Gasteiger partial charge on any atom is 0.337 e. The third-order valence-corrected chi connectivity index (χ3v) is 3.40. The van der Waals surface area contributed by atoms with Gasteiger partial charge in [0.15, 0.2) is 0 Å². The van der Waals surface area contributed by atoms with Crippen molar-refractivity contribution in [3.05, 3.63) is 71.3 Å². The quantitative estimate of drug-likeness (QED) is 0.769. The monoisotopic (exact) mass is 299 g/mol. The van der Waals surface area contributed by atoms with Crippen molar-refractivity contribution in [2.45, 2.75) is 19.1 Å². The van der Waals surface area contributed by atoms with Gasteiger partial charge in [-0.3, -0.25) is 0 Å². The van der Waals surface area contributed by atoms with E-state index in [1.165, 1.54) is 7.11 Å². The molecule has 1 atom stereocenters. The highest BCUT2D eigenvalue weighted by Crippen LogP contribution is 2.06. The molecule has 0 radical (unpaired) electrons. The Bertz CT molecular complexity index is 581. The molecule has 2 N–H and O–H groups in total. The molecule has 0 bridgehead atoms. The van der Waals surface area contributed by atoms with Crippen molar-refractivity contribution >= 4 is 5.97 Å². The molecule has 0 saturated carbocycles. The Morgan fingerprint density at radius 3 is 2.41 bits per heavy atom. The molecule has 0 amide bonds. The maximum atomic E-state index is 11.3. The molecule has 0 aliphatic rings. The molecule has 2 aromatic carbocycles. The Balaban J connectivity index is 1.75. The average Bonchev–Trinajstić information content (AvgIpc) is 2.55. The van der Waals surface area contributed by atoms with Crippen LogP contribution in [0.15, 0.2) is 54.6 Å². The van der Waals surface area contributed by atoms with E-state index in [0.29, 0.717) is 25.1 Å². The van der Waals surface area contributed by atoms with Gasteiger partial charge in [0.25, 0.3) is 0 Å². The predicted molar refractivity (Wildman–Crippen MR) is 85.6 cm³/mol. The number of hydrogen-bond acceptors (Lipinski definition) is 4. The van der Waals surface area contributed by atoms with Crippen LogP contribution in [-0.4, -0.2) is 30.8 Å². The van der Waals surface area contributed by atoms with E-state index in [1.54, 1.807) is 12.1 Å². The lowest BCUT2D eigenvalue weighted by atomic mass is 10.1. The predicted octanol–water partition coefficient (Wildman–Crippen LogP) is 2.17. The van der Waals surface area contributed by atoms with Gasteiger partial charge in [-0.2, -0.15) is 0 Å². The lowest BCUT2D eigenvalue weighted by Crippen LogP contribution is -2.28. The molecule has 2 aromatic rings. The van der Waals surface area contributed by atoms with E-state index < -0.39 is 6.10 Å². The zero-order valence-corrected chi connectivity index (χ0v) is 12.7. The summed E-state index contributed by atoms with van der Waals surface area (Å²) in [6.45, 7) is 1.17. The van der Waals surface area contributed by atoms with Crippen LogP contribution in [0, 0.1) is 0 Å². The first kappa shape index (κ1) is 16.2. The SMILES string of the molecule is COC(=O)c1ccc(CNC[C@H](O)Cc2ccccc2)cc1. The summed E-state index contributed by atoms with van der Waals surface area (Å²) < 4.78 is 4.66. The minimum absolute atomic E-state index is 0.335. The molecular weight excluding hydrogens is 278 g/mol. The van der Waals surface area contributed by atoms with Crippen molar-refractivity contribution in [1.29, 1.82) is 0 Å². The first-order valence-corrected chi connectivity index (χ1v) is 7.29. The third kappa shape index (κ3) is 4.98. The van der Waals surface area contributed by atoms with Crippen molar-refractivity contribution in [2.75, 3.05) is 13.7 Å². The number of nitrogens with one attached hydrogen (secondary N) is 1. The van der Waals surface area contributed by atoms with Crippen molar-refractivity contribution in [3.63, 3.8) is 0 Å². The van der Waals surface area contributed by atoms with E-state index in [1.807, 2.05) is 42.5 Å². The number of esters is 1. The number of ether oxygens (including phenoxy) is 1. The number of aliphatic hydroxyl groups excluding tert-OH is 1. The van der Waals surface area contributed by atoms with Gasteiger partial charge in [0.1, 0.15) is 0 Å². The van der Waals surface area contributed by atoms with Gasteiger partial charge in [-0.25, -0.2) is 4.79 Å². The van der Waals surface area contributed by atoms with Gasteiger partial charge in [0.05, 0.1) is 18.8 Å². The summed E-state index contributed by atoms with van der Waals surface area (Å²) in [6.07, 6.45) is 0.214. The van der Waals surface area contributed by atoms with Crippen molar-refractivity contribution < 1.29 is 14.6 Å². The summed E-state index contributed by atoms with van der Waals surface area (Å²) >= 11 is 0. The van der Waals surface area contributed by atoms with Crippen molar-refractivity contribution in [2.24, 2.45) is 0 Å².